The summed E-state index contributed by atoms with van der Waals surface area (Å²) in [6, 6.07) is 2.55. The van der Waals surface area contributed by atoms with E-state index in [0.717, 1.165) is 23.7 Å². The fourth-order valence-electron chi connectivity index (χ4n) is 6.19. The number of hydrogen-bond donors (Lipinski definition) is 2. The van der Waals surface area contributed by atoms with Crippen molar-refractivity contribution in [3.63, 3.8) is 0 Å². The van der Waals surface area contributed by atoms with Crippen molar-refractivity contribution in [2.75, 3.05) is 19.6 Å². The molecule has 3 heterocycles. The number of β-lactam (4-membered cyclic amide) rings is 1. The number of fused-ring (bicyclic) bond motifs is 1. The number of rotatable bonds is 10. The first-order valence-electron chi connectivity index (χ1n) is 13.8. The minimum Gasteiger partial charge on any atom is -0.447 e. The van der Waals surface area contributed by atoms with Gasteiger partial charge in [-0.1, -0.05) is 27.7 Å². The van der Waals surface area contributed by atoms with Crippen molar-refractivity contribution in [1.29, 1.82) is 0 Å². The van der Waals surface area contributed by atoms with Crippen LogP contribution in [0.4, 0.5) is 9.59 Å². The average molecular weight is 650 g/mol. The van der Waals surface area contributed by atoms with Gasteiger partial charge in [0.05, 0.1) is 52.5 Å². The van der Waals surface area contributed by atoms with Crippen molar-refractivity contribution in [2.45, 2.75) is 77.4 Å². The first kappa shape index (κ1) is 33.8. The van der Waals surface area contributed by atoms with Crippen molar-refractivity contribution in [3.8, 4) is 0 Å². The van der Waals surface area contributed by atoms with Crippen LogP contribution >= 0.6 is 28.4 Å². The molecule has 0 aromatic rings. The summed E-state index contributed by atoms with van der Waals surface area (Å²) >= 11 is 0. The van der Waals surface area contributed by atoms with Crippen LogP contribution in [0.1, 0.15) is 41.0 Å². The van der Waals surface area contributed by atoms with Gasteiger partial charge in [0, 0.05) is 25.6 Å². The maximum absolute atomic E-state index is 13.5. The molecule has 2 fully saturated rings. The second-order valence-electron chi connectivity index (χ2n) is 10.6. The zero-order chi connectivity index (χ0) is 30.5. The number of carbonyl (C=O) groups is 4. The van der Waals surface area contributed by atoms with Gasteiger partial charge >= 0.3 is 18.2 Å². The lowest BCUT2D eigenvalue weighted by atomic mass is 9.77. The molecule has 0 radical (unpaired) electrons. The molecule has 3 aliphatic rings. The first-order valence-corrected chi connectivity index (χ1v) is 17.7. The van der Waals surface area contributed by atoms with E-state index in [-0.39, 0.29) is 41.9 Å². The summed E-state index contributed by atoms with van der Waals surface area (Å²) in [6.45, 7) is 12.1. The van der Waals surface area contributed by atoms with Gasteiger partial charge < -0.3 is 22.9 Å². The number of aliphatic imine (C=N–C) groups is 1. The Balaban J connectivity index is 1.77. The molecule has 0 aromatic carbocycles. The number of amides is 3. The van der Waals surface area contributed by atoms with Crippen LogP contribution in [0.2, 0.25) is 18.1 Å². The van der Waals surface area contributed by atoms with Gasteiger partial charge in [-0.05, 0) is 37.0 Å². The van der Waals surface area contributed by atoms with Gasteiger partial charge in [-0.25, -0.2) is 19.4 Å². The monoisotopic (exact) mass is 649 g/mol. The van der Waals surface area contributed by atoms with Crippen LogP contribution in [0.5, 0.6) is 0 Å². The van der Waals surface area contributed by atoms with Crippen molar-refractivity contribution in [1.82, 2.24) is 20.4 Å². The van der Waals surface area contributed by atoms with Crippen molar-refractivity contribution >= 4 is 66.7 Å². The minimum absolute atomic E-state index is 0.0705. The molecule has 0 bridgehead atoms. The number of carbonyl (C=O) groups excluding carboxylic acids is 4. The van der Waals surface area contributed by atoms with Crippen molar-refractivity contribution < 1.29 is 37.2 Å². The SMILES string of the molecule is CC[Si](CC)(CC)O[C@H](C)C1C(=O)N2C(C(=O)OP)=C(CN3CC[C@@H](N=C(NC(=O)OP)NC(=O)OP)C3)[C@H](C)[C@H]12. The normalized spacial score (nSPS) is 24.8. The van der Waals surface area contributed by atoms with Crippen LogP contribution in [0.25, 0.3) is 0 Å². The summed E-state index contributed by atoms with van der Waals surface area (Å²) < 4.78 is 20.7. The van der Waals surface area contributed by atoms with E-state index >= 15 is 0 Å². The predicted molar refractivity (Wildman–Crippen MR) is 165 cm³/mol. The molecule has 4 unspecified atom stereocenters. The molecule has 3 amide bonds. The maximum Gasteiger partial charge on any atom is 0.416 e. The zero-order valence-electron chi connectivity index (χ0n) is 24.2. The second kappa shape index (κ2) is 14.7. The molecule has 17 heteroatoms. The molecular formula is C24H42N5O8P3Si. The average Bonchev–Trinajstić information content (AvgIpc) is 3.50. The second-order valence-corrected chi connectivity index (χ2v) is 16.0. The molecule has 0 spiro atoms. The van der Waals surface area contributed by atoms with E-state index in [2.05, 4.69) is 50.3 Å². The van der Waals surface area contributed by atoms with E-state index in [4.69, 9.17) is 8.95 Å². The van der Waals surface area contributed by atoms with Gasteiger partial charge in [0.15, 0.2) is 8.32 Å². The van der Waals surface area contributed by atoms with E-state index in [9.17, 15) is 19.2 Å². The quantitative estimate of drug-likeness (QED) is 0.120. The fraction of sp³-hybridized carbons (Fsp3) is 0.708. The molecule has 13 nitrogen and oxygen atoms in total. The molecule has 2 N–H and O–H groups in total. The Hall–Kier alpha value is -1.68. The van der Waals surface area contributed by atoms with E-state index in [1.807, 2.05) is 42.2 Å². The first-order chi connectivity index (χ1) is 19.5. The smallest absolute Gasteiger partial charge is 0.416 e. The third kappa shape index (κ3) is 7.28. The van der Waals surface area contributed by atoms with Crippen LogP contribution < -0.4 is 10.6 Å². The molecule has 8 atom stereocenters. The third-order valence-electron chi connectivity index (χ3n) is 8.58. The zero-order valence-corrected chi connectivity index (χ0v) is 28.6. The highest BCUT2D eigenvalue weighted by Crippen LogP contribution is 2.49. The van der Waals surface area contributed by atoms with Gasteiger partial charge in [0.1, 0.15) is 5.70 Å². The number of nitrogens with one attached hydrogen (secondary N) is 2. The van der Waals surface area contributed by atoms with Crippen LogP contribution in [-0.2, 0) is 27.6 Å². The van der Waals surface area contributed by atoms with E-state index in [0.29, 0.717) is 31.8 Å². The van der Waals surface area contributed by atoms with Gasteiger partial charge in [-0.3, -0.25) is 20.3 Å². The summed E-state index contributed by atoms with van der Waals surface area (Å²) in [6.07, 6.45) is -1.24. The standard InChI is InChI=1S/C24H42N5O8P3Si/c1-6-41(7-2,8-3)37-14(5)17-18-13(4)16(19(21(31)34-38)29(18)20(17)30)12-28-10-9-15(11-28)25-22(26-23(32)35-39)27-24(33)36-40/h13-15,17-18H,6-12,38-40H2,1-5H3,(H2,25,26,27,32,33)/t13-,14+,15+,17?,18+/m0/s1. The van der Waals surface area contributed by atoms with E-state index in [1.165, 1.54) is 0 Å². The van der Waals surface area contributed by atoms with Crippen LogP contribution in [0.3, 0.4) is 0 Å². The van der Waals surface area contributed by atoms with E-state index < -0.39 is 26.5 Å². The Morgan fingerprint density at radius 3 is 2.15 bits per heavy atom. The van der Waals surface area contributed by atoms with Crippen LogP contribution in [0, 0.1) is 11.8 Å². The summed E-state index contributed by atoms with van der Waals surface area (Å²) in [5.74, 6) is -1.16. The molecule has 0 saturated carbocycles. The van der Waals surface area contributed by atoms with Gasteiger partial charge in [-0.15, -0.1) is 0 Å². The highest BCUT2D eigenvalue weighted by atomic mass is 31.0. The van der Waals surface area contributed by atoms with Crippen LogP contribution in [0.15, 0.2) is 16.3 Å². The Kier molecular flexibility index (Phi) is 12.1. The largest absolute Gasteiger partial charge is 0.447 e. The minimum atomic E-state index is -1.93. The van der Waals surface area contributed by atoms with Crippen LogP contribution in [-0.4, -0.2) is 86.0 Å². The molecule has 41 heavy (non-hydrogen) atoms. The topological polar surface area (TPSA) is 148 Å². The Morgan fingerprint density at radius 1 is 1.05 bits per heavy atom. The summed E-state index contributed by atoms with van der Waals surface area (Å²) in [4.78, 5) is 58.0. The van der Waals surface area contributed by atoms with Crippen molar-refractivity contribution in [3.05, 3.63) is 11.3 Å². The highest BCUT2D eigenvalue weighted by Gasteiger charge is 2.61. The maximum atomic E-state index is 13.5. The lowest BCUT2D eigenvalue weighted by molar-refractivity contribution is -0.161. The lowest BCUT2D eigenvalue weighted by Gasteiger charge is -2.49. The molecule has 3 rings (SSSR count). The summed E-state index contributed by atoms with van der Waals surface area (Å²) in [7, 11) is 3.68. The predicted octanol–water partition coefficient (Wildman–Crippen LogP) is 2.92. The van der Waals surface area contributed by atoms with Gasteiger partial charge in [0.25, 0.3) is 0 Å². The van der Waals surface area contributed by atoms with Gasteiger partial charge in [0.2, 0.25) is 11.9 Å². The number of likely N-dealkylation sites (tertiary alicyclic amines) is 1. The Labute approximate surface area is 249 Å². The summed E-state index contributed by atoms with van der Waals surface area (Å²) in [5.41, 5.74) is 1.15. The van der Waals surface area contributed by atoms with E-state index in [1.54, 1.807) is 4.90 Å². The highest BCUT2D eigenvalue weighted by molar-refractivity contribution is 7.11. The molecule has 0 aromatic heterocycles. The Morgan fingerprint density at radius 2 is 1.63 bits per heavy atom. The molecule has 0 aliphatic carbocycles. The third-order valence-corrected chi connectivity index (χ3v) is 14.0. The number of guanidine groups is 1. The van der Waals surface area contributed by atoms with Crippen molar-refractivity contribution in [2.24, 2.45) is 16.8 Å². The Bertz CT molecular complexity index is 1060. The molecule has 2 saturated heterocycles. The number of nitrogens with zero attached hydrogens (tertiary/aromatic N) is 3. The van der Waals surface area contributed by atoms with Gasteiger partial charge in [-0.2, -0.15) is 0 Å². The molecular weight excluding hydrogens is 607 g/mol. The number of hydrogen-bond acceptors (Lipinski definition) is 10. The fourth-order valence-corrected chi connectivity index (χ4v) is 9.35. The molecule has 230 valence electrons. The lowest BCUT2D eigenvalue weighted by Crippen LogP contribution is -2.65. The summed E-state index contributed by atoms with van der Waals surface area (Å²) in [5, 5.41) is 4.71. The molecule has 3 aliphatic heterocycles.